The van der Waals surface area contributed by atoms with Crippen LogP contribution < -0.4 is 10.6 Å². The maximum atomic E-state index is 14.2. The Kier molecular flexibility index (Phi) is 3.22. The number of anilines is 2. The van der Waals surface area contributed by atoms with Crippen LogP contribution in [0.3, 0.4) is 0 Å². The number of pyridine rings is 1. The lowest BCUT2D eigenvalue weighted by Gasteiger charge is -2.12. The summed E-state index contributed by atoms with van der Waals surface area (Å²) in [4.78, 5) is 6.36. The van der Waals surface area contributed by atoms with Crippen LogP contribution in [0.5, 0.6) is 0 Å². The molecule has 108 valence electrons. The summed E-state index contributed by atoms with van der Waals surface area (Å²) in [5.74, 6) is -0.128. The van der Waals surface area contributed by atoms with Gasteiger partial charge in [-0.1, -0.05) is 17.7 Å². The third-order valence-corrected chi connectivity index (χ3v) is 3.65. The molecule has 1 aromatic carbocycles. The van der Waals surface area contributed by atoms with Gasteiger partial charge in [-0.25, -0.2) is 9.37 Å². The molecule has 6 heteroatoms. The van der Waals surface area contributed by atoms with E-state index in [0.717, 1.165) is 5.69 Å². The number of halogens is 2. The second-order valence-electron chi connectivity index (χ2n) is 4.96. The first-order valence-electron chi connectivity index (χ1n) is 6.38. The van der Waals surface area contributed by atoms with E-state index in [0.29, 0.717) is 22.7 Å². The molecule has 2 N–H and O–H groups in total. The number of hydrogen-bond acceptors (Lipinski definition) is 3. The fourth-order valence-corrected chi connectivity index (χ4v) is 2.38. The van der Waals surface area contributed by atoms with Gasteiger partial charge in [-0.05, 0) is 24.3 Å². The van der Waals surface area contributed by atoms with Gasteiger partial charge >= 0.3 is 0 Å². The van der Waals surface area contributed by atoms with Gasteiger partial charge in [0.1, 0.15) is 17.2 Å². The molecule has 0 atom stereocenters. The molecule has 3 aromatic rings. The first kappa shape index (κ1) is 13.7. The second kappa shape index (κ2) is 4.93. The Morgan fingerprint density at radius 3 is 2.71 bits per heavy atom. The predicted molar refractivity (Wildman–Crippen MR) is 84.3 cm³/mol. The van der Waals surface area contributed by atoms with Gasteiger partial charge < -0.3 is 10.6 Å². The number of imidazole rings is 1. The molecule has 4 nitrogen and oxygen atoms in total. The van der Waals surface area contributed by atoms with Gasteiger partial charge in [0, 0.05) is 25.9 Å². The summed E-state index contributed by atoms with van der Waals surface area (Å²) in [5.41, 5.74) is 8.46. The highest BCUT2D eigenvalue weighted by molar-refractivity contribution is 6.31. The Labute approximate surface area is 126 Å². The maximum Gasteiger partial charge on any atom is 0.151 e. The van der Waals surface area contributed by atoms with Crippen LogP contribution in [0.1, 0.15) is 0 Å². The van der Waals surface area contributed by atoms with E-state index >= 15 is 0 Å². The van der Waals surface area contributed by atoms with Gasteiger partial charge in [-0.15, -0.1) is 0 Å². The molecule has 0 bridgehead atoms. The number of fused-ring (bicyclic) bond motifs is 1. The lowest BCUT2D eigenvalue weighted by Crippen LogP contribution is -2.09. The van der Waals surface area contributed by atoms with Crippen LogP contribution in [0.4, 0.5) is 15.9 Å². The standard InChI is InChI=1S/C15H14ClFN4/c1-20(2)9-6-7-12-19-14(15(18)21(12)8-9)10-4-3-5-11(16)13(10)17/h3-8H,18H2,1-2H3. The van der Waals surface area contributed by atoms with Crippen LogP contribution in [-0.2, 0) is 0 Å². The van der Waals surface area contributed by atoms with Crippen molar-refractivity contribution in [1.29, 1.82) is 0 Å². The summed E-state index contributed by atoms with van der Waals surface area (Å²) in [7, 11) is 3.87. The zero-order valence-corrected chi connectivity index (χ0v) is 12.4. The zero-order chi connectivity index (χ0) is 15.1. The van der Waals surface area contributed by atoms with E-state index in [1.807, 2.05) is 37.3 Å². The average Bonchev–Trinajstić information content (AvgIpc) is 2.78. The minimum absolute atomic E-state index is 0.0536. The van der Waals surface area contributed by atoms with Crippen LogP contribution in [0.2, 0.25) is 5.02 Å². The van der Waals surface area contributed by atoms with Crippen LogP contribution in [-0.4, -0.2) is 23.5 Å². The van der Waals surface area contributed by atoms with Crippen LogP contribution >= 0.6 is 11.6 Å². The van der Waals surface area contributed by atoms with Crippen molar-refractivity contribution in [3.05, 3.63) is 47.4 Å². The lowest BCUT2D eigenvalue weighted by atomic mass is 10.1. The number of benzene rings is 1. The van der Waals surface area contributed by atoms with Crippen LogP contribution in [0.15, 0.2) is 36.5 Å². The molecule has 0 aliphatic carbocycles. The fraction of sp³-hybridized carbons (Fsp3) is 0.133. The number of nitrogen functional groups attached to an aromatic ring is 1. The van der Waals surface area contributed by atoms with Gasteiger partial charge in [-0.2, -0.15) is 0 Å². The number of nitrogens with zero attached hydrogens (tertiary/aromatic N) is 3. The summed E-state index contributed by atoms with van der Waals surface area (Å²) in [6, 6.07) is 8.57. The molecular weight excluding hydrogens is 291 g/mol. The first-order valence-corrected chi connectivity index (χ1v) is 6.76. The lowest BCUT2D eigenvalue weighted by molar-refractivity contribution is 0.631. The van der Waals surface area contributed by atoms with Gasteiger partial charge in [0.25, 0.3) is 0 Å². The Hall–Kier alpha value is -2.27. The highest BCUT2D eigenvalue weighted by atomic mass is 35.5. The number of rotatable bonds is 2. The molecule has 2 aromatic heterocycles. The Bertz CT molecular complexity index is 826. The number of hydrogen-bond donors (Lipinski definition) is 1. The smallest absolute Gasteiger partial charge is 0.151 e. The van der Waals surface area contributed by atoms with E-state index in [9.17, 15) is 4.39 Å². The largest absolute Gasteiger partial charge is 0.383 e. The highest BCUT2D eigenvalue weighted by Gasteiger charge is 2.16. The van der Waals surface area contributed by atoms with E-state index < -0.39 is 5.82 Å². The minimum atomic E-state index is -0.512. The van der Waals surface area contributed by atoms with Crippen molar-refractivity contribution in [2.75, 3.05) is 24.7 Å². The quantitative estimate of drug-likeness (QED) is 0.789. The van der Waals surface area contributed by atoms with Crippen molar-refractivity contribution in [2.45, 2.75) is 0 Å². The molecule has 0 aliphatic rings. The SMILES string of the molecule is CN(C)c1ccc2nc(-c3cccc(Cl)c3F)c(N)n2c1. The summed E-state index contributed by atoms with van der Waals surface area (Å²) < 4.78 is 15.9. The predicted octanol–water partition coefficient (Wildman–Crippen LogP) is 3.44. The fourth-order valence-electron chi connectivity index (χ4n) is 2.20. The van der Waals surface area contributed by atoms with E-state index in [1.165, 1.54) is 6.07 Å². The Morgan fingerprint density at radius 2 is 2.00 bits per heavy atom. The normalized spacial score (nSPS) is 11.0. The van der Waals surface area contributed by atoms with Gasteiger partial charge in [0.2, 0.25) is 0 Å². The molecule has 0 saturated heterocycles. The highest BCUT2D eigenvalue weighted by Crippen LogP contribution is 2.32. The van der Waals surface area contributed by atoms with E-state index in [2.05, 4.69) is 4.98 Å². The summed E-state index contributed by atoms with van der Waals surface area (Å²) in [6.07, 6.45) is 1.86. The molecule has 0 fully saturated rings. The molecule has 0 aliphatic heterocycles. The second-order valence-corrected chi connectivity index (χ2v) is 5.36. The van der Waals surface area contributed by atoms with Gasteiger partial charge in [0.15, 0.2) is 5.82 Å². The monoisotopic (exact) mass is 304 g/mol. The zero-order valence-electron chi connectivity index (χ0n) is 11.6. The van der Waals surface area contributed by atoms with Crippen molar-refractivity contribution >= 4 is 28.8 Å². The molecule has 0 saturated carbocycles. The molecule has 21 heavy (non-hydrogen) atoms. The average molecular weight is 305 g/mol. The van der Waals surface area contributed by atoms with E-state index in [4.69, 9.17) is 17.3 Å². The molecular formula is C15H14ClFN4. The van der Waals surface area contributed by atoms with Gasteiger partial charge in [0.05, 0.1) is 10.7 Å². The van der Waals surface area contributed by atoms with Crippen molar-refractivity contribution in [3.63, 3.8) is 0 Å². The van der Waals surface area contributed by atoms with E-state index in [1.54, 1.807) is 16.5 Å². The minimum Gasteiger partial charge on any atom is -0.383 e. The molecule has 0 spiro atoms. The number of aromatic nitrogens is 2. The summed E-state index contributed by atoms with van der Waals surface area (Å²) >= 11 is 5.82. The molecule has 0 unspecified atom stereocenters. The van der Waals surface area contributed by atoms with Crippen LogP contribution in [0.25, 0.3) is 16.9 Å². The van der Waals surface area contributed by atoms with Crippen molar-refractivity contribution < 1.29 is 4.39 Å². The first-order chi connectivity index (χ1) is 9.99. The molecule has 0 radical (unpaired) electrons. The summed E-state index contributed by atoms with van der Waals surface area (Å²) in [5, 5.41) is 0.0536. The van der Waals surface area contributed by atoms with Crippen molar-refractivity contribution in [3.8, 4) is 11.3 Å². The molecule has 0 amide bonds. The summed E-state index contributed by atoms with van der Waals surface area (Å²) in [6.45, 7) is 0. The topological polar surface area (TPSA) is 46.6 Å². The Morgan fingerprint density at radius 1 is 1.24 bits per heavy atom. The molecule has 3 rings (SSSR count). The van der Waals surface area contributed by atoms with Crippen molar-refractivity contribution in [2.24, 2.45) is 0 Å². The van der Waals surface area contributed by atoms with Crippen molar-refractivity contribution in [1.82, 2.24) is 9.38 Å². The third kappa shape index (κ3) is 2.19. The van der Waals surface area contributed by atoms with Crippen LogP contribution in [0, 0.1) is 5.82 Å². The van der Waals surface area contributed by atoms with Gasteiger partial charge in [-0.3, -0.25) is 4.40 Å². The number of nitrogens with two attached hydrogens (primary N) is 1. The maximum absolute atomic E-state index is 14.2. The molecule has 2 heterocycles. The third-order valence-electron chi connectivity index (χ3n) is 3.36. The Balaban J connectivity index is 2.25. The van der Waals surface area contributed by atoms with E-state index in [-0.39, 0.29) is 5.02 Å².